The predicted octanol–water partition coefficient (Wildman–Crippen LogP) is 0.687. The summed E-state index contributed by atoms with van der Waals surface area (Å²) < 4.78 is 5.16. The fourth-order valence-corrected chi connectivity index (χ4v) is 1.85. The maximum Gasteiger partial charge on any atom is 0.328 e. The molecule has 100 valence electrons. The Morgan fingerprint density at radius 2 is 2.32 bits per heavy atom. The van der Waals surface area contributed by atoms with Gasteiger partial charge in [-0.15, -0.1) is 0 Å². The zero-order valence-corrected chi connectivity index (χ0v) is 10.1. The van der Waals surface area contributed by atoms with Crippen LogP contribution in [0.1, 0.15) is 12.7 Å². The fourth-order valence-electron chi connectivity index (χ4n) is 1.85. The van der Waals surface area contributed by atoms with Crippen LogP contribution in [0.15, 0.2) is 35.0 Å². The highest BCUT2D eigenvalue weighted by Crippen LogP contribution is 2.28. The van der Waals surface area contributed by atoms with E-state index in [9.17, 15) is 14.4 Å². The fraction of sp³-hybridized carbons (Fsp3) is 0.250. The Bertz CT molecular complexity index is 548. The van der Waals surface area contributed by atoms with Crippen LogP contribution in [0, 0.1) is 0 Å². The van der Waals surface area contributed by atoms with Gasteiger partial charge in [-0.25, -0.2) is 9.59 Å². The summed E-state index contributed by atoms with van der Waals surface area (Å²) in [5.41, 5.74) is -1.25. The molecule has 2 heterocycles. The van der Waals surface area contributed by atoms with Gasteiger partial charge < -0.3 is 14.8 Å². The molecule has 0 spiro atoms. The van der Waals surface area contributed by atoms with Gasteiger partial charge >= 0.3 is 12.0 Å². The molecule has 0 aliphatic carbocycles. The van der Waals surface area contributed by atoms with Gasteiger partial charge in [-0.05, 0) is 19.1 Å². The number of carboxylic acid groups (broad SMARTS) is 1. The largest absolute Gasteiger partial charge is 0.478 e. The average molecular weight is 264 g/mol. The maximum atomic E-state index is 12.2. The number of amides is 3. The Morgan fingerprint density at radius 1 is 1.58 bits per heavy atom. The number of hydrogen-bond donors (Lipinski definition) is 2. The summed E-state index contributed by atoms with van der Waals surface area (Å²) >= 11 is 0. The van der Waals surface area contributed by atoms with Gasteiger partial charge in [0.15, 0.2) is 5.54 Å². The first-order chi connectivity index (χ1) is 8.95. The molecule has 1 fully saturated rings. The highest BCUT2D eigenvalue weighted by atomic mass is 16.4. The van der Waals surface area contributed by atoms with Crippen molar-refractivity contribution in [2.75, 3.05) is 6.54 Å². The van der Waals surface area contributed by atoms with Crippen molar-refractivity contribution in [1.82, 2.24) is 10.2 Å². The molecule has 1 atom stereocenters. The highest BCUT2D eigenvalue weighted by Gasteiger charge is 2.50. The van der Waals surface area contributed by atoms with Crippen molar-refractivity contribution < 1.29 is 23.9 Å². The smallest absolute Gasteiger partial charge is 0.328 e. The van der Waals surface area contributed by atoms with Gasteiger partial charge in [0.2, 0.25) is 0 Å². The van der Waals surface area contributed by atoms with Gasteiger partial charge in [0.25, 0.3) is 5.91 Å². The van der Waals surface area contributed by atoms with Gasteiger partial charge in [-0.2, -0.15) is 0 Å². The van der Waals surface area contributed by atoms with Crippen molar-refractivity contribution in [2.24, 2.45) is 0 Å². The van der Waals surface area contributed by atoms with Crippen LogP contribution in [-0.4, -0.2) is 34.5 Å². The molecule has 7 heteroatoms. The Balaban J connectivity index is 2.19. The highest BCUT2D eigenvalue weighted by molar-refractivity contribution is 6.07. The molecule has 2 rings (SSSR count). The molecule has 7 nitrogen and oxygen atoms in total. The van der Waals surface area contributed by atoms with Crippen LogP contribution in [0.5, 0.6) is 0 Å². The first-order valence-electron chi connectivity index (χ1n) is 5.52. The first kappa shape index (κ1) is 12.9. The molecule has 1 aliphatic rings. The zero-order chi connectivity index (χ0) is 14.0. The van der Waals surface area contributed by atoms with E-state index in [2.05, 4.69) is 5.32 Å². The predicted molar refractivity (Wildman–Crippen MR) is 63.1 cm³/mol. The van der Waals surface area contributed by atoms with E-state index in [4.69, 9.17) is 9.52 Å². The van der Waals surface area contributed by atoms with Crippen LogP contribution < -0.4 is 5.32 Å². The molecule has 1 aliphatic heterocycles. The molecule has 0 saturated carbocycles. The lowest BCUT2D eigenvalue weighted by molar-refractivity contribution is -0.132. The van der Waals surface area contributed by atoms with Crippen molar-refractivity contribution in [2.45, 2.75) is 12.5 Å². The lowest BCUT2D eigenvalue weighted by Gasteiger charge is -2.18. The molecule has 1 unspecified atom stereocenters. The van der Waals surface area contributed by atoms with Crippen molar-refractivity contribution in [1.29, 1.82) is 0 Å². The van der Waals surface area contributed by atoms with Gasteiger partial charge in [0.05, 0.1) is 6.26 Å². The molecule has 0 bridgehead atoms. The summed E-state index contributed by atoms with van der Waals surface area (Å²) in [6.07, 6.45) is 3.52. The van der Waals surface area contributed by atoms with Gasteiger partial charge in [0.1, 0.15) is 5.76 Å². The number of carbonyl (C=O) groups excluding carboxylic acids is 2. The van der Waals surface area contributed by atoms with Gasteiger partial charge in [-0.1, -0.05) is 6.08 Å². The Labute approximate surface area is 108 Å². The van der Waals surface area contributed by atoms with E-state index in [0.717, 1.165) is 11.0 Å². The van der Waals surface area contributed by atoms with Crippen LogP contribution in [0.25, 0.3) is 0 Å². The topological polar surface area (TPSA) is 99.8 Å². The molecular formula is C12H12N2O5. The summed E-state index contributed by atoms with van der Waals surface area (Å²) in [5.74, 6) is -1.29. The summed E-state index contributed by atoms with van der Waals surface area (Å²) in [7, 11) is 0. The molecular weight excluding hydrogens is 252 g/mol. The lowest BCUT2D eigenvalue weighted by Crippen LogP contribution is -2.40. The maximum absolute atomic E-state index is 12.2. The lowest BCUT2D eigenvalue weighted by atomic mass is 9.99. The third kappa shape index (κ3) is 2.22. The van der Waals surface area contributed by atoms with E-state index in [-0.39, 0.29) is 6.54 Å². The molecule has 0 radical (unpaired) electrons. The number of carbonyl (C=O) groups is 3. The third-order valence-corrected chi connectivity index (χ3v) is 2.84. The second-order valence-corrected chi connectivity index (χ2v) is 4.19. The Kier molecular flexibility index (Phi) is 3.12. The number of rotatable bonds is 4. The normalized spacial score (nSPS) is 23.1. The van der Waals surface area contributed by atoms with Crippen LogP contribution in [0.2, 0.25) is 0 Å². The van der Waals surface area contributed by atoms with E-state index in [1.165, 1.54) is 19.3 Å². The molecule has 1 aromatic rings. The van der Waals surface area contributed by atoms with Crippen molar-refractivity contribution >= 4 is 17.9 Å². The number of nitrogens with one attached hydrogen (secondary N) is 1. The second-order valence-electron chi connectivity index (χ2n) is 4.19. The SMILES string of the molecule is CC1(c2ccco2)NC(=O)N(CC=CC(=O)O)C1=O. The molecule has 2 N–H and O–H groups in total. The van der Waals surface area contributed by atoms with Gasteiger partial charge in [-0.3, -0.25) is 9.69 Å². The van der Waals surface area contributed by atoms with E-state index < -0.39 is 23.4 Å². The first-order valence-corrected chi connectivity index (χ1v) is 5.52. The number of aliphatic carboxylic acids is 1. The summed E-state index contributed by atoms with van der Waals surface area (Å²) in [6.45, 7) is 1.43. The molecule has 19 heavy (non-hydrogen) atoms. The van der Waals surface area contributed by atoms with Crippen LogP contribution >= 0.6 is 0 Å². The number of imide groups is 1. The summed E-state index contributed by atoms with van der Waals surface area (Å²) in [4.78, 5) is 35.2. The van der Waals surface area contributed by atoms with E-state index in [0.29, 0.717) is 5.76 Å². The average Bonchev–Trinajstić information content (AvgIpc) is 2.92. The summed E-state index contributed by atoms with van der Waals surface area (Å²) in [5, 5.41) is 11.0. The van der Waals surface area contributed by atoms with Crippen LogP contribution in [-0.2, 0) is 15.1 Å². The monoisotopic (exact) mass is 264 g/mol. The van der Waals surface area contributed by atoms with Crippen LogP contribution in [0.4, 0.5) is 4.79 Å². The Hall–Kier alpha value is -2.57. The zero-order valence-electron chi connectivity index (χ0n) is 10.1. The number of hydrogen-bond acceptors (Lipinski definition) is 4. The minimum Gasteiger partial charge on any atom is -0.478 e. The van der Waals surface area contributed by atoms with E-state index in [1.54, 1.807) is 12.1 Å². The quantitative estimate of drug-likeness (QED) is 0.615. The van der Waals surface area contributed by atoms with Crippen molar-refractivity contribution in [3.8, 4) is 0 Å². The molecule has 1 saturated heterocycles. The Morgan fingerprint density at radius 3 is 2.89 bits per heavy atom. The minimum atomic E-state index is -1.25. The molecule has 3 amide bonds. The number of nitrogens with zero attached hydrogens (tertiary/aromatic N) is 1. The van der Waals surface area contributed by atoms with E-state index in [1.807, 2.05) is 0 Å². The van der Waals surface area contributed by atoms with Crippen LogP contribution in [0.3, 0.4) is 0 Å². The minimum absolute atomic E-state index is 0.104. The van der Waals surface area contributed by atoms with E-state index >= 15 is 0 Å². The molecule has 1 aromatic heterocycles. The number of furan rings is 1. The standard InChI is InChI=1S/C12H12N2O5/c1-12(8-4-3-7-19-8)10(17)14(11(18)13-12)6-2-5-9(15)16/h2-5,7H,6H2,1H3,(H,13,18)(H,15,16). The van der Waals surface area contributed by atoms with Crippen molar-refractivity contribution in [3.63, 3.8) is 0 Å². The second kappa shape index (κ2) is 4.60. The molecule has 0 aromatic carbocycles. The van der Waals surface area contributed by atoms with Gasteiger partial charge in [0, 0.05) is 12.6 Å². The number of carboxylic acids is 1. The third-order valence-electron chi connectivity index (χ3n) is 2.84. The summed E-state index contributed by atoms with van der Waals surface area (Å²) in [6, 6.07) is 2.63. The van der Waals surface area contributed by atoms with Crippen molar-refractivity contribution in [3.05, 3.63) is 36.3 Å². The number of urea groups is 1.